The molecule has 2 aromatic heterocycles. The minimum Gasteiger partial charge on any atom is -0.342 e. The van der Waals surface area contributed by atoms with Gasteiger partial charge in [-0.05, 0) is 43.0 Å². The van der Waals surface area contributed by atoms with Crippen LogP contribution in [-0.2, 0) is 12.8 Å². The number of aromatic amines is 1. The summed E-state index contributed by atoms with van der Waals surface area (Å²) in [6.07, 6.45) is 10.3. The van der Waals surface area contributed by atoms with Crippen LogP contribution in [0.5, 0.6) is 0 Å². The molecule has 1 aliphatic rings. The highest BCUT2D eigenvalue weighted by Crippen LogP contribution is 2.28. The fraction of sp³-hybridized carbons (Fsp3) is 0.333. The highest BCUT2D eigenvalue weighted by Gasteiger charge is 2.23. The van der Waals surface area contributed by atoms with Crippen molar-refractivity contribution < 1.29 is 0 Å². The Morgan fingerprint density at radius 1 is 1.27 bits per heavy atom. The number of hydrogen-bond donors (Lipinski definition) is 3. The Labute approximate surface area is 153 Å². The number of hydrogen-bond acceptors (Lipinski definition) is 4. The number of pyridine rings is 1. The molecule has 0 amide bonds. The monoisotopic (exact) mass is 347 g/mol. The lowest BCUT2D eigenvalue weighted by molar-refractivity contribution is 0.414. The van der Waals surface area contributed by atoms with E-state index in [1.54, 1.807) is 0 Å². The summed E-state index contributed by atoms with van der Waals surface area (Å²) < 4.78 is 0. The summed E-state index contributed by atoms with van der Waals surface area (Å²) >= 11 is 0. The zero-order valence-electron chi connectivity index (χ0n) is 14.9. The molecule has 1 aromatic carbocycles. The summed E-state index contributed by atoms with van der Waals surface area (Å²) in [5.74, 6) is 0.988. The van der Waals surface area contributed by atoms with Gasteiger partial charge in [0.05, 0.1) is 22.8 Å². The van der Waals surface area contributed by atoms with Crippen LogP contribution in [0.2, 0.25) is 0 Å². The standard InChI is InChI=1S/C21H25N5/c22-12-4-8-16(14-20-25-17-9-1-2-10-18(17)26-20)24-19-11-3-6-15-7-5-13-23-21(15)19/h1-2,4-5,7-10,13,16,19,24H,3,6,11-12,14,22H2,(H,25,26)/b8-4+/t16?,19-/m0/s1. The fourth-order valence-electron chi connectivity index (χ4n) is 3.77. The van der Waals surface area contributed by atoms with E-state index in [-0.39, 0.29) is 12.1 Å². The molecule has 0 saturated carbocycles. The topological polar surface area (TPSA) is 79.6 Å². The molecule has 2 heterocycles. The van der Waals surface area contributed by atoms with Crippen molar-refractivity contribution in [2.75, 3.05) is 6.54 Å². The first-order valence-corrected chi connectivity index (χ1v) is 9.33. The quantitative estimate of drug-likeness (QED) is 0.599. The molecular weight excluding hydrogens is 322 g/mol. The van der Waals surface area contributed by atoms with Gasteiger partial charge in [-0.1, -0.05) is 30.4 Å². The maximum absolute atomic E-state index is 5.69. The lowest BCUT2D eigenvalue weighted by Gasteiger charge is -2.28. The van der Waals surface area contributed by atoms with Crippen molar-refractivity contribution in [3.05, 3.63) is 71.8 Å². The summed E-state index contributed by atoms with van der Waals surface area (Å²) in [7, 11) is 0. The lowest BCUT2D eigenvalue weighted by atomic mass is 9.91. The van der Waals surface area contributed by atoms with E-state index in [4.69, 9.17) is 10.7 Å². The third-order valence-corrected chi connectivity index (χ3v) is 4.97. The smallest absolute Gasteiger partial charge is 0.109 e. The van der Waals surface area contributed by atoms with Gasteiger partial charge in [-0.2, -0.15) is 0 Å². The minimum atomic E-state index is 0.164. The van der Waals surface area contributed by atoms with Gasteiger partial charge < -0.3 is 16.0 Å². The van der Waals surface area contributed by atoms with Crippen LogP contribution in [-0.4, -0.2) is 27.5 Å². The molecule has 0 saturated heterocycles. The SMILES string of the molecule is NC/C=C/C(Cc1nc2ccccc2[nH]1)N[C@H]1CCCc2cccnc21. The van der Waals surface area contributed by atoms with Gasteiger partial charge in [-0.15, -0.1) is 0 Å². The molecule has 0 spiro atoms. The number of nitrogens with zero attached hydrogens (tertiary/aromatic N) is 2. The van der Waals surface area contributed by atoms with Crippen molar-refractivity contribution in [1.29, 1.82) is 0 Å². The molecule has 0 bridgehead atoms. The minimum absolute atomic E-state index is 0.164. The van der Waals surface area contributed by atoms with Crippen LogP contribution in [0.3, 0.4) is 0 Å². The molecule has 5 heteroatoms. The van der Waals surface area contributed by atoms with Crippen molar-refractivity contribution in [2.24, 2.45) is 5.73 Å². The molecule has 0 aliphatic heterocycles. The van der Waals surface area contributed by atoms with Gasteiger partial charge in [0.15, 0.2) is 0 Å². The third-order valence-electron chi connectivity index (χ3n) is 4.97. The Balaban J connectivity index is 1.55. The first kappa shape index (κ1) is 16.9. The maximum atomic E-state index is 5.69. The van der Waals surface area contributed by atoms with Crippen LogP contribution in [0, 0.1) is 0 Å². The first-order chi connectivity index (χ1) is 12.8. The van der Waals surface area contributed by atoms with Crippen molar-refractivity contribution in [3.63, 3.8) is 0 Å². The number of aromatic nitrogens is 3. The zero-order chi connectivity index (χ0) is 17.8. The van der Waals surface area contributed by atoms with E-state index in [1.807, 2.05) is 36.5 Å². The second-order valence-corrected chi connectivity index (χ2v) is 6.83. The van der Waals surface area contributed by atoms with Crippen molar-refractivity contribution in [2.45, 2.75) is 37.8 Å². The molecule has 2 atom stereocenters. The number of rotatable bonds is 6. The number of H-pyrrole nitrogens is 1. The van der Waals surface area contributed by atoms with Gasteiger partial charge in [-0.25, -0.2) is 4.98 Å². The predicted molar refractivity (Wildman–Crippen MR) is 105 cm³/mol. The van der Waals surface area contributed by atoms with E-state index in [2.05, 4.69) is 33.5 Å². The Hall–Kier alpha value is -2.50. The largest absolute Gasteiger partial charge is 0.342 e. The predicted octanol–water partition coefficient (Wildman–Crippen LogP) is 3.05. The van der Waals surface area contributed by atoms with Crippen molar-refractivity contribution in [3.8, 4) is 0 Å². The second kappa shape index (κ2) is 7.81. The van der Waals surface area contributed by atoms with E-state index in [0.29, 0.717) is 6.54 Å². The lowest BCUT2D eigenvalue weighted by Crippen LogP contribution is -2.36. The van der Waals surface area contributed by atoms with E-state index in [0.717, 1.165) is 36.1 Å². The van der Waals surface area contributed by atoms with Gasteiger partial charge in [0.2, 0.25) is 0 Å². The number of para-hydroxylation sites is 2. The Morgan fingerprint density at radius 3 is 3.08 bits per heavy atom. The Bertz CT molecular complexity index is 865. The summed E-state index contributed by atoms with van der Waals surface area (Å²) in [5, 5.41) is 3.77. The van der Waals surface area contributed by atoms with Gasteiger partial charge in [-0.3, -0.25) is 4.98 Å². The number of nitrogens with two attached hydrogens (primary N) is 1. The molecular formula is C21H25N5. The molecule has 0 radical (unpaired) electrons. The van der Waals surface area contributed by atoms with E-state index in [1.165, 1.54) is 17.7 Å². The van der Waals surface area contributed by atoms with E-state index >= 15 is 0 Å². The van der Waals surface area contributed by atoms with E-state index in [9.17, 15) is 0 Å². The van der Waals surface area contributed by atoms with Crippen molar-refractivity contribution >= 4 is 11.0 Å². The first-order valence-electron chi connectivity index (χ1n) is 9.33. The molecule has 134 valence electrons. The highest BCUT2D eigenvalue weighted by atomic mass is 15.0. The molecule has 0 fully saturated rings. The fourth-order valence-corrected chi connectivity index (χ4v) is 3.77. The number of imidazole rings is 1. The van der Waals surface area contributed by atoms with Crippen LogP contribution in [0.15, 0.2) is 54.7 Å². The van der Waals surface area contributed by atoms with Gasteiger partial charge in [0.1, 0.15) is 5.82 Å². The Kier molecular flexibility index (Phi) is 5.09. The third kappa shape index (κ3) is 3.69. The second-order valence-electron chi connectivity index (χ2n) is 6.83. The maximum Gasteiger partial charge on any atom is 0.109 e. The van der Waals surface area contributed by atoms with Crippen LogP contribution in [0.1, 0.15) is 36.0 Å². The summed E-state index contributed by atoms with van der Waals surface area (Å²) in [5.41, 5.74) is 10.3. The molecule has 4 N–H and O–H groups in total. The summed E-state index contributed by atoms with van der Waals surface area (Å²) in [6.45, 7) is 0.539. The number of nitrogens with one attached hydrogen (secondary N) is 2. The molecule has 5 nitrogen and oxygen atoms in total. The number of benzene rings is 1. The van der Waals surface area contributed by atoms with Crippen LogP contribution >= 0.6 is 0 Å². The molecule has 3 aromatic rings. The zero-order valence-corrected chi connectivity index (χ0v) is 14.9. The molecule has 1 aliphatic carbocycles. The van der Waals surface area contributed by atoms with Crippen LogP contribution in [0.4, 0.5) is 0 Å². The van der Waals surface area contributed by atoms with Gasteiger partial charge >= 0.3 is 0 Å². The Morgan fingerprint density at radius 2 is 2.19 bits per heavy atom. The van der Waals surface area contributed by atoms with Gasteiger partial charge in [0, 0.05) is 25.2 Å². The average molecular weight is 347 g/mol. The van der Waals surface area contributed by atoms with E-state index < -0.39 is 0 Å². The summed E-state index contributed by atoms with van der Waals surface area (Å²) in [6, 6.07) is 12.8. The van der Waals surface area contributed by atoms with Crippen LogP contribution < -0.4 is 11.1 Å². The van der Waals surface area contributed by atoms with Crippen LogP contribution in [0.25, 0.3) is 11.0 Å². The average Bonchev–Trinajstić information content (AvgIpc) is 3.08. The molecule has 1 unspecified atom stereocenters. The molecule has 26 heavy (non-hydrogen) atoms. The molecule has 4 rings (SSSR count). The van der Waals surface area contributed by atoms with Crippen molar-refractivity contribution in [1.82, 2.24) is 20.3 Å². The highest BCUT2D eigenvalue weighted by molar-refractivity contribution is 5.74. The number of aryl methyl sites for hydroxylation is 1. The number of fused-ring (bicyclic) bond motifs is 2. The summed E-state index contributed by atoms with van der Waals surface area (Å²) in [4.78, 5) is 12.8. The van der Waals surface area contributed by atoms with Gasteiger partial charge in [0.25, 0.3) is 0 Å². The normalized spacial score (nSPS) is 18.3.